The summed E-state index contributed by atoms with van der Waals surface area (Å²) >= 11 is 1.25. The Kier molecular flexibility index (Phi) is 8.48. The van der Waals surface area contributed by atoms with Crippen LogP contribution in [0, 0.1) is 23.7 Å². The maximum absolute atomic E-state index is 13.6. The van der Waals surface area contributed by atoms with Gasteiger partial charge in [-0.05, 0) is 99.1 Å². The van der Waals surface area contributed by atoms with Gasteiger partial charge in [0.15, 0.2) is 0 Å². The number of methoxy groups -OCH3 is 1. The molecule has 4 atom stereocenters. The van der Waals surface area contributed by atoms with E-state index in [0.717, 1.165) is 61.4 Å². The van der Waals surface area contributed by atoms with Gasteiger partial charge in [-0.25, -0.2) is 0 Å². The van der Waals surface area contributed by atoms with Crippen molar-refractivity contribution in [3.8, 4) is 11.5 Å². The van der Waals surface area contributed by atoms with Crippen molar-refractivity contribution >= 4 is 29.5 Å². The van der Waals surface area contributed by atoms with Crippen LogP contribution in [-0.4, -0.2) is 38.2 Å². The Balaban J connectivity index is 1.29. The molecule has 0 radical (unpaired) electrons. The second kappa shape index (κ2) is 12.0. The number of fused-ring (bicyclic) bond motifs is 2. The van der Waals surface area contributed by atoms with E-state index in [4.69, 9.17) is 13.7 Å². The molecule has 2 aromatic carbocycles. The van der Waals surface area contributed by atoms with Crippen LogP contribution in [0.3, 0.4) is 0 Å². The summed E-state index contributed by atoms with van der Waals surface area (Å²) < 4.78 is 16.9. The number of nitrogens with one attached hydrogen (secondary N) is 2. The molecule has 38 heavy (non-hydrogen) atoms. The number of rotatable bonds is 9. The first-order valence-electron chi connectivity index (χ1n) is 13.7. The summed E-state index contributed by atoms with van der Waals surface area (Å²) in [7, 11) is 3.19. The Morgan fingerprint density at radius 1 is 0.947 bits per heavy atom. The SMILES string of the molecule is COSc1cccc(NC(=O)[C@H]2[C@@H]3CC[C@@H](C3)[C@H]2NC(=O)c2cc(O[C@H]3CC[C@@H](C)CC3)ccc2OC)c1. The van der Waals surface area contributed by atoms with Crippen LogP contribution in [0.25, 0.3) is 0 Å². The molecule has 2 amide bonds. The van der Waals surface area contributed by atoms with Gasteiger partial charge in [0.1, 0.15) is 11.5 Å². The molecule has 3 fully saturated rings. The van der Waals surface area contributed by atoms with Gasteiger partial charge in [-0.1, -0.05) is 13.0 Å². The van der Waals surface area contributed by atoms with Crippen LogP contribution in [0.15, 0.2) is 47.4 Å². The first kappa shape index (κ1) is 26.9. The molecule has 3 aliphatic rings. The molecule has 204 valence electrons. The van der Waals surface area contributed by atoms with Gasteiger partial charge in [-0.2, -0.15) is 0 Å². The molecule has 7 nitrogen and oxygen atoms in total. The van der Waals surface area contributed by atoms with E-state index in [1.807, 2.05) is 30.3 Å². The monoisotopic (exact) mass is 538 g/mol. The van der Waals surface area contributed by atoms with Crippen LogP contribution in [0.1, 0.15) is 62.2 Å². The van der Waals surface area contributed by atoms with E-state index in [1.165, 1.54) is 12.0 Å². The molecule has 2 N–H and O–H groups in total. The van der Waals surface area contributed by atoms with Gasteiger partial charge in [-0.3, -0.25) is 9.59 Å². The van der Waals surface area contributed by atoms with Crippen LogP contribution in [0.5, 0.6) is 11.5 Å². The van der Waals surface area contributed by atoms with Gasteiger partial charge in [-0.15, -0.1) is 0 Å². The van der Waals surface area contributed by atoms with Crippen LogP contribution in [0.4, 0.5) is 5.69 Å². The van der Waals surface area contributed by atoms with Crippen molar-refractivity contribution in [2.24, 2.45) is 23.7 Å². The molecule has 2 aromatic rings. The van der Waals surface area contributed by atoms with Crippen molar-refractivity contribution < 1.29 is 23.2 Å². The van der Waals surface area contributed by atoms with Crippen LogP contribution < -0.4 is 20.1 Å². The number of carbonyl (C=O) groups is 2. The van der Waals surface area contributed by atoms with Crippen LogP contribution in [-0.2, 0) is 8.98 Å². The molecule has 3 saturated carbocycles. The highest BCUT2D eigenvalue weighted by Gasteiger charge is 2.51. The lowest BCUT2D eigenvalue weighted by molar-refractivity contribution is -0.122. The number of ether oxygens (including phenoxy) is 2. The van der Waals surface area contributed by atoms with Crippen molar-refractivity contribution in [2.75, 3.05) is 19.5 Å². The van der Waals surface area contributed by atoms with E-state index in [-0.39, 0.29) is 35.8 Å². The topological polar surface area (TPSA) is 85.9 Å². The molecular weight excluding hydrogens is 500 g/mol. The third-order valence-electron chi connectivity index (χ3n) is 8.48. The molecule has 0 heterocycles. The Morgan fingerprint density at radius 2 is 1.74 bits per heavy atom. The van der Waals surface area contributed by atoms with E-state index in [1.54, 1.807) is 26.4 Å². The predicted molar refractivity (Wildman–Crippen MR) is 149 cm³/mol. The van der Waals surface area contributed by atoms with Crippen molar-refractivity contribution in [1.29, 1.82) is 0 Å². The summed E-state index contributed by atoms with van der Waals surface area (Å²) in [6.07, 6.45) is 7.57. The number of anilines is 1. The van der Waals surface area contributed by atoms with Gasteiger partial charge >= 0.3 is 0 Å². The maximum Gasteiger partial charge on any atom is 0.255 e. The Hall–Kier alpha value is -2.71. The quantitative estimate of drug-likeness (QED) is 0.376. The molecule has 8 heteroatoms. The second-order valence-electron chi connectivity index (χ2n) is 11.0. The van der Waals surface area contributed by atoms with E-state index >= 15 is 0 Å². The van der Waals surface area contributed by atoms with Crippen molar-refractivity contribution in [3.63, 3.8) is 0 Å². The average molecular weight is 539 g/mol. The molecule has 0 saturated heterocycles. The molecule has 0 aliphatic heterocycles. The second-order valence-corrected chi connectivity index (χ2v) is 12.0. The smallest absolute Gasteiger partial charge is 0.255 e. The van der Waals surface area contributed by atoms with E-state index < -0.39 is 0 Å². The third kappa shape index (κ3) is 5.96. The van der Waals surface area contributed by atoms with Gasteiger partial charge in [0.2, 0.25) is 5.91 Å². The predicted octanol–water partition coefficient (Wildman–Crippen LogP) is 6.09. The zero-order chi connectivity index (χ0) is 26.6. The molecule has 5 rings (SSSR count). The zero-order valence-corrected chi connectivity index (χ0v) is 23.2. The summed E-state index contributed by atoms with van der Waals surface area (Å²) in [6.45, 7) is 2.28. The molecule has 0 spiro atoms. The minimum Gasteiger partial charge on any atom is -0.496 e. The summed E-state index contributed by atoms with van der Waals surface area (Å²) in [5.74, 6) is 1.96. The Morgan fingerprint density at radius 3 is 2.50 bits per heavy atom. The highest BCUT2D eigenvalue weighted by molar-refractivity contribution is 7.94. The normalized spacial score (nSPS) is 28.1. The third-order valence-corrected chi connectivity index (χ3v) is 9.09. The molecule has 3 aliphatic carbocycles. The van der Waals surface area contributed by atoms with Gasteiger partial charge in [0.25, 0.3) is 5.91 Å². The highest BCUT2D eigenvalue weighted by atomic mass is 32.2. The lowest BCUT2D eigenvalue weighted by atomic mass is 9.83. The average Bonchev–Trinajstić information content (AvgIpc) is 3.52. The fraction of sp³-hybridized carbons (Fsp3) is 0.533. The van der Waals surface area contributed by atoms with E-state index in [9.17, 15) is 9.59 Å². The summed E-state index contributed by atoms with van der Waals surface area (Å²) in [5.41, 5.74) is 1.17. The highest BCUT2D eigenvalue weighted by Crippen LogP contribution is 2.49. The minimum atomic E-state index is -0.272. The number of hydrogen-bond acceptors (Lipinski definition) is 6. The van der Waals surface area contributed by atoms with Crippen molar-refractivity contribution in [3.05, 3.63) is 48.0 Å². The summed E-state index contributed by atoms with van der Waals surface area (Å²) in [6, 6.07) is 12.8. The Labute approximate surface area is 229 Å². The van der Waals surface area contributed by atoms with Crippen molar-refractivity contribution in [2.45, 2.75) is 68.9 Å². The fourth-order valence-electron chi connectivity index (χ4n) is 6.53. The summed E-state index contributed by atoms with van der Waals surface area (Å²) in [5, 5.41) is 6.31. The lowest BCUT2D eigenvalue weighted by Crippen LogP contribution is -2.48. The van der Waals surface area contributed by atoms with Gasteiger partial charge in [0, 0.05) is 28.7 Å². The van der Waals surface area contributed by atoms with Gasteiger partial charge < -0.3 is 24.3 Å². The number of benzene rings is 2. The van der Waals surface area contributed by atoms with Gasteiger partial charge in [0.05, 0.1) is 31.8 Å². The zero-order valence-electron chi connectivity index (χ0n) is 22.4. The van der Waals surface area contributed by atoms with Crippen LogP contribution >= 0.6 is 12.0 Å². The summed E-state index contributed by atoms with van der Waals surface area (Å²) in [4.78, 5) is 28.0. The van der Waals surface area contributed by atoms with E-state index in [0.29, 0.717) is 23.0 Å². The number of amides is 2. The molecule has 0 unspecified atom stereocenters. The Bertz CT molecular complexity index is 1150. The van der Waals surface area contributed by atoms with Crippen LogP contribution in [0.2, 0.25) is 0 Å². The lowest BCUT2D eigenvalue weighted by Gasteiger charge is -2.31. The number of hydrogen-bond donors (Lipinski definition) is 2. The van der Waals surface area contributed by atoms with Crippen molar-refractivity contribution in [1.82, 2.24) is 5.32 Å². The standard InChI is InChI=1S/C30H38N2O5S/c1-18-7-11-22(12-8-18)37-23-13-14-26(35-2)25(17-23)29(33)32-28-20-10-9-19(15-20)27(28)30(34)31-21-5-4-6-24(16-21)38-36-3/h4-6,13-14,16-20,22,27-28H,7-12,15H2,1-3H3,(H,31,34)(H,32,33)/t18-,19-,20+,22+,27+,28-/m1/s1. The van der Waals surface area contributed by atoms with E-state index in [2.05, 4.69) is 17.6 Å². The first-order chi connectivity index (χ1) is 18.4. The maximum atomic E-state index is 13.6. The minimum absolute atomic E-state index is 0.0438. The molecule has 0 aromatic heterocycles. The fourth-order valence-corrected chi connectivity index (χ4v) is 7.03. The molecule has 2 bridgehead atoms. The number of carbonyl (C=O) groups excluding carboxylic acids is 2. The first-order valence-corrected chi connectivity index (χ1v) is 14.5. The molecular formula is C30H38N2O5S. The largest absolute Gasteiger partial charge is 0.496 e.